The van der Waals surface area contributed by atoms with Gasteiger partial charge >= 0.3 is 6.01 Å². The van der Waals surface area contributed by atoms with E-state index in [1.165, 1.54) is 33.0 Å². The first-order chi connectivity index (χ1) is 18.9. The van der Waals surface area contributed by atoms with Gasteiger partial charge in [0.2, 0.25) is 0 Å². The minimum atomic E-state index is -0.563. The minimum absolute atomic E-state index is 0.0564. The minimum Gasteiger partial charge on any atom is -0.467 e. The van der Waals surface area contributed by atoms with Crippen molar-refractivity contribution >= 4 is 39.1 Å². The van der Waals surface area contributed by atoms with Crippen molar-refractivity contribution in [3.05, 3.63) is 53.4 Å². The van der Waals surface area contributed by atoms with E-state index in [0.29, 0.717) is 34.9 Å². The van der Waals surface area contributed by atoms with Crippen molar-refractivity contribution in [2.75, 3.05) is 52.3 Å². The lowest BCUT2D eigenvalue weighted by atomic mass is 10.0. The molecule has 10 heteroatoms. The lowest BCUT2D eigenvalue weighted by Gasteiger charge is -2.22. The maximum atomic E-state index is 15.9. The maximum absolute atomic E-state index is 15.9. The van der Waals surface area contributed by atoms with Gasteiger partial charge in [-0.25, -0.2) is 4.39 Å². The third kappa shape index (κ3) is 5.40. The Hall–Kier alpha value is -3.74. The highest BCUT2D eigenvalue weighted by Gasteiger charge is 2.29. The summed E-state index contributed by atoms with van der Waals surface area (Å²) in [7, 11) is 5.38. The molecule has 6 rings (SSSR count). The molecular formula is C29H31ClFN7O. The zero-order valence-corrected chi connectivity index (χ0v) is 23.1. The van der Waals surface area contributed by atoms with E-state index in [9.17, 15) is 5.26 Å². The number of hydrogen-bond donors (Lipinski definition) is 0. The molecule has 8 nitrogen and oxygen atoms in total. The van der Waals surface area contributed by atoms with Gasteiger partial charge in [0.25, 0.3) is 0 Å². The normalized spacial score (nSPS) is 17.2. The van der Waals surface area contributed by atoms with Crippen molar-refractivity contribution in [3.8, 4) is 23.5 Å². The number of methoxy groups -OCH3 is 1. The second kappa shape index (κ2) is 11.6. The summed E-state index contributed by atoms with van der Waals surface area (Å²) >= 11 is 6.46. The molecule has 2 aliphatic rings. The number of ether oxygens (including phenoxy) is 1. The van der Waals surface area contributed by atoms with Crippen molar-refractivity contribution < 1.29 is 9.13 Å². The molecule has 4 heterocycles. The van der Waals surface area contributed by atoms with Gasteiger partial charge in [-0.15, -0.1) is 0 Å². The predicted octanol–water partition coefficient (Wildman–Crippen LogP) is 5.35. The summed E-state index contributed by atoms with van der Waals surface area (Å²) < 4.78 is 21.2. The van der Waals surface area contributed by atoms with Crippen LogP contribution in [0.5, 0.6) is 6.01 Å². The van der Waals surface area contributed by atoms with Gasteiger partial charge in [0, 0.05) is 42.3 Å². The zero-order chi connectivity index (χ0) is 27.5. The summed E-state index contributed by atoms with van der Waals surface area (Å²) in [6, 6.07) is 11.3. The van der Waals surface area contributed by atoms with E-state index in [4.69, 9.17) is 16.3 Å². The number of nitriles is 1. The molecule has 4 aromatic rings. The molecule has 2 fully saturated rings. The molecule has 1 unspecified atom stereocenters. The molecule has 39 heavy (non-hydrogen) atoms. The Morgan fingerprint density at radius 1 is 1.13 bits per heavy atom. The highest BCUT2D eigenvalue weighted by atomic mass is 35.5. The van der Waals surface area contributed by atoms with Crippen LogP contribution >= 0.6 is 11.6 Å². The van der Waals surface area contributed by atoms with Gasteiger partial charge in [-0.2, -0.15) is 15.2 Å². The lowest BCUT2D eigenvalue weighted by Crippen LogP contribution is -2.31. The smallest absolute Gasteiger partial charge is 0.318 e. The fraction of sp³-hybridized carbons (Fsp3) is 0.379. The molecule has 2 aliphatic heterocycles. The van der Waals surface area contributed by atoms with E-state index in [1.807, 2.05) is 29.2 Å². The summed E-state index contributed by atoms with van der Waals surface area (Å²) in [5, 5.41) is 11.9. The molecule has 0 amide bonds. The molecule has 2 aromatic carbocycles. The molecule has 0 N–H and O–H groups in total. The van der Waals surface area contributed by atoms with Gasteiger partial charge < -0.3 is 19.4 Å². The molecule has 0 saturated carbocycles. The van der Waals surface area contributed by atoms with E-state index >= 15 is 4.39 Å². The van der Waals surface area contributed by atoms with Crippen LogP contribution in [0.2, 0.25) is 5.02 Å². The van der Waals surface area contributed by atoms with Gasteiger partial charge in [0.15, 0.2) is 12.0 Å². The number of aromatic nitrogens is 3. The van der Waals surface area contributed by atoms with Crippen LogP contribution < -0.4 is 9.64 Å². The Morgan fingerprint density at radius 2 is 1.87 bits per heavy atom. The average Bonchev–Trinajstić information content (AvgIpc) is 3.65. The number of nitrogens with zero attached hydrogens (tertiary/aromatic N) is 7. The monoisotopic (exact) mass is 547 g/mol. The first kappa shape index (κ1) is 26.9. The number of pyridine rings is 1. The fourth-order valence-electron chi connectivity index (χ4n) is 5.24. The van der Waals surface area contributed by atoms with Gasteiger partial charge in [-0.1, -0.05) is 41.9 Å². The molecular weight excluding hydrogens is 517 g/mol. The average molecular weight is 548 g/mol. The van der Waals surface area contributed by atoms with E-state index in [1.54, 1.807) is 30.3 Å². The SMILES string of the molecule is CN1CCCC1.COc1nc(N2CCC(N(C)C#N)C2)c2cnc(-c3cccc4cccc(Cl)c34)c(F)c2n1. The summed E-state index contributed by atoms with van der Waals surface area (Å²) in [5.74, 6) is -0.0219. The summed E-state index contributed by atoms with van der Waals surface area (Å²) in [5.41, 5.74) is 0.882. The Morgan fingerprint density at radius 3 is 2.54 bits per heavy atom. The second-order valence-electron chi connectivity index (χ2n) is 9.97. The van der Waals surface area contributed by atoms with Crippen molar-refractivity contribution in [2.45, 2.75) is 25.3 Å². The van der Waals surface area contributed by atoms with Crippen molar-refractivity contribution in [1.29, 1.82) is 5.26 Å². The molecule has 0 bridgehead atoms. The molecule has 0 radical (unpaired) electrons. The van der Waals surface area contributed by atoms with E-state index < -0.39 is 5.82 Å². The first-order valence-corrected chi connectivity index (χ1v) is 13.4. The zero-order valence-electron chi connectivity index (χ0n) is 22.4. The predicted molar refractivity (Wildman–Crippen MR) is 153 cm³/mol. The van der Waals surface area contributed by atoms with Gasteiger partial charge in [-0.3, -0.25) is 4.98 Å². The van der Waals surface area contributed by atoms with Crippen molar-refractivity contribution in [1.82, 2.24) is 24.8 Å². The van der Waals surface area contributed by atoms with Crippen LogP contribution in [0.1, 0.15) is 19.3 Å². The quantitative estimate of drug-likeness (QED) is 0.250. The highest BCUT2D eigenvalue weighted by molar-refractivity contribution is 6.36. The van der Waals surface area contributed by atoms with Crippen LogP contribution in [0, 0.1) is 17.3 Å². The largest absolute Gasteiger partial charge is 0.467 e. The standard InChI is InChI=1S/C24H20ClFN6O.C5H11N/c1-31(13-27)15-9-10-32(12-15)23-17-11-28-21(20(26)22(17)29-24(30-23)33-2)16-7-3-5-14-6-4-8-18(25)19(14)16;1-6-4-2-3-5-6/h3-8,11,15H,9-10,12H2,1-2H3;2-5H2,1H3. The Bertz CT molecular complexity index is 1530. The summed E-state index contributed by atoms with van der Waals surface area (Å²) in [6.45, 7) is 3.90. The van der Waals surface area contributed by atoms with Crippen LogP contribution in [0.25, 0.3) is 32.9 Å². The number of anilines is 1. The molecule has 202 valence electrons. The molecule has 1 atom stereocenters. The Labute approximate surface area is 232 Å². The number of fused-ring (bicyclic) bond motifs is 2. The Kier molecular flexibility index (Phi) is 7.96. The van der Waals surface area contributed by atoms with Gasteiger partial charge in [-0.05, 0) is 50.9 Å². The lowest BCUT2D eigenvalue weighted by molar-refractivity contribution is 0.367. The van der Waals surface area contributed by atoms with Gasteiger partial charge in [0.1, 0.15) is 17.0 Å². The number of rotatable bonds is 4. The third-order valence-electron chi connectivity index (χ3n) is 7.43. The summed E-state index contributed by atoms with van der Waals surface area (Å²) in [4.78, 5) is 19.3. The molecule has 0 spiro atoms. The fourth-order valence-corrected chi connectivity index (χ4v) is 5.53. The van der Waals surface area contributed by atoms with E-state index in [-0.39, 0.29) is 23.3 Å². The van der Waals surface area contributed by atoms with Crippen LogP contribution in [0.4, 0.5) is 10.2 Å². The van der Waals surface area contributed by atoms with Crippen LogP contribution in [-0.2, 0) is 0 Å². The number of halogens is 2. The number of benzene rings is 2. The second-order valence-corrected chi connectivity index (χ2v) is 10.4. The number of hydrogen-bond acceptors (Lipinski definition) is 8. The number of likely N-dealkylation sites (N-methyl/N-ethyl adjacent to an activating group) is 1. The van der Waals surface area contributed by atoms with Crippen LogP contribution in [0.3, 0.4) is 0 Å². The Balaban J connectivity index is 0.000000455. The van der Waals surface area contributed by atoms with Crippen molar-refractivity contribution in [2.24, 2.45) is 0 Å². The third-order valence-corrected chi connectivity index (χ3v) is 7.75. The van der Waals surface area contributed by atoms with E-state index in [0.717, 1.165) is 17.2 Å². The van der Waals surface area contributed by atoms with Gasteiger partial charge in [0.05, 0.1) is 18.5 Å². The van der Waals surface area contributed by atoms with Crippen LogP contribution in [0.15, 0.2) is 42.6 Å². The topological polar surface area (TPSA) is 81.4 Å². The maximum Gasteiger partial charge on any atom is 0.318 e. The molecule has 0 aliphatic carbocycles. The molecule has 2 aromatic heterocycles. The van der Waals surface area contributed by atoms with E-state index in [2.05, 4.69) is 33.1 Å². The number of likely N-dealkylation sites (tertiary alicyclic amines) is 1. The van der Waals surface area contributed by atoms with Crippen molar-refractivity contribution in [3.63, 3.8) is 0 Å². The summed E-state index contributed by atoms with van der Waals surface area (Å²) in [6.07, 6.45) is 7.37. The first-order valence-electron chi connectivity index (χ1n) is 13.0. The highest BCUT2D eigenvalue weighted by Crippen LogP contribution is 2.37. The van der Waals surface area contributed by atoms with Crippen LogP contribution in [-0.4, -0.2) is 78.2 Å². The molecule has 2 saturated heterocycles.